The quantitative estimate of drug-likeness (QED) is 0.528. The maximum absolute atomic E-state index is 12.9. The van der Waals surface area contributed by atoms with Crippen molar-refractivity contribution in [3.05, 3.63) is 34.1 Å². The molecule has 0 amide bonds. The SMILES string of the molecule is O=[N+]([O-])c1cc(-c2nnn[n-]2)ccc1F. The molecule has 0 saturated carbocycles. The van der Waals surface area contributed by atoms with Crippen LogP contribution in [0, 0.1) is 15.9 Å². The number of hydrogen-bond acceptors (Lipinski definition) is 5. The number of nitro benzene ring substituents is 1. The van der Waals surface area contributed by atoms with Crippen LogP contribution in [0.1, 0.15) is 0 Å². The number of nitro groups is 1. The van der Waals surface area contributed by atoms with Gasteiger partial charge in [0.05, 0.1) is 4.92 Å². The van der Waals surface area contributed by atoms with Crippen molar-refractivity contribution in [3.63, 3.8) is 0 Å². The highest BCUT2D eigenvalue weighted by atomic mass is 19.1. The second-order valence-corrected chi connectivity index (χ2v) is 2.63. The Morgan fingerprint density at radius 2 is 2.27 bits per heavy atom. The molecular formula is C7H3FN5O2-. The van der Waals surface area contributed by atoms with E-state index in [-0.39, 0.29) is 5.82 Å². The standard InChI is InChI=1S/C7H3FN5O2/c8-5-2-1-4(3-6(5)13(14)15)7-9-11-12-10-7/h1-3H/q-1. The second-order valence-electron chi connectivity index (χ2n) is 2.63. The Morgan fingerprint density at radius 3 is 2.87 bits per heavy atom. The van der Waals surface area contributed by atoms with Crippen LogP contribution in [0.2, 0.25) is 0 Å². The molecule has 1 aromatic heterocycles. The molecule has 0 saturated heterocycles. The van der Waals surface area contributed by atoms with Gasteiger partial charge in [0.25, 0.3) is 0 Å². The molecule has 0 bridgehead atoms. The molecule has 0 atom stereocenters. The zero-order chi connectivity index (χ0) is 10.8. The molecule has 0 aliphatic carbocycles. The molecule has 0 N–H and O–H groups in total. The Balaban J connectivity index is 2.52. The molecule has 1 heterocycles. The predicted octanol–water partition coefficient (Wildman–Crippen LogP) is 0.543. The maximum atomic E-state index is 12.9. The van der Waals surface area contributed by atoms with Gasteiger partial charge in [-0.05, 0) is 11.6 Å². The fraction of sp³-hybridized carbons (Fsp3) is 0. The van der Waals surface area contributed by atoms with Gasteiger partial charge in [-0.3, -0.25) is 20.4 Å². The lowest BCUT2D eigenvalue weighted by molar-refractivity contribution is -0.387. The molecule has 8 heteroatoms. The number of benzene rings is 1. The van der Waals surface area contributed by atoms with Gasteiger partial charge in [-0.2, -0.15) is 9.60 Å². The average Bonchev–Trinajstić information content (AvgIpc) is 2.71. The van der Waals surface area contributed by atoms with Gasteiger partial charge in [-0.1, -0.05) is 6.07 Å². The van der Waals surface area contributed by atoms with Crippen molar-refractivity contribution < 1.29 is 9.31 Å². The van der Waals surface area contributed by atoms with Crippen LogP contribution in [0.15, 0.2) is 18.2 Å². The molecule has 0 aliphatic rings. The van der Waals surface area contributed by atoms with Gasteiger partial charge in [-0.25, -0.2) is 0 Å². The minimum Gasteiger partial charge on any atom is -0.330 e. The zero-order valence-corrected chi connectivity index (χ0v) is 7.16. The predicted molar refractivity (Wildman–Crippen MR) is 45.2 cm³/mol. The van der Waals surface area contributed by atoms with Crippen LogP contribution in [0.3, 0.4) is 0 Å². The van der Waals surface area contributed by atoms with Crippen molar-refractivity contribution in [3.8, 4) is 11.4 Å². The first-order valence-electron chi connectivity index (χ1n) is 3.81. The van der Waals surface area contributed by atoms with Crippen molar-refractivity contribution in [1.29, 1.82) is 0 Å². The summed E-state index contributed by atoms with van der Waals surface area (Å²) in [5.74, 6) is -0.783. The lowest BCUT2D eigenvalue weighted by atomic mass is 10.2. The van der Waals surface area contributed by atoms with E-state index in [2.05, 4.69) is 20.6 Å². The second kappa shape index (κ2) is 3.40. The fourth-order valence-electron chi connectivity index (χ4n) is 1.05. The third-order valence-electron chi connectivity index (χ3n) is 1.72. The number of halogens is 1. The summed E-state index contributed by atoms with van der Waals surface area (Å²) in [5.41, 5.74) is -0.328. The zero-order valence-electron chi connectivity index (χ0n) is 7.16. The fourth-order valence-corrected chi connectivity index (χ4v) is 1.05. The van der Waals surface area contributed by atoms with Crippen LogP contribution in [0.25, 0.3) is 11.4 Å². The van der Waals surface area contributed by atoms with Gasteiger partial charge in [0, 0.05) is 11.9 Å². The van der Waals surface area contributed by atoms with E-state index in [9.17, 15) is 14.5 Å². The van der Waals surface area contributed by atoms with Crippen LogP contribution >= 0.6 is 0 Å². The molecule has 0 aliphatic heterocycles. The molecule has 1 aromatic carbocycles. The van der Waals surface area contributed by atoms with Crippen LogP contribution in [-0.2, 0) is 0 Å². The van der Waals surface area contributed by atoms with Crippen molar-refractivity contribution in [1.82, 2.24) is 20.6 Å². The molecule has 0 unspecified atom stereocenters. The molecule has 2 rings (SSSR count). The average molecular weight is 208 g/mol. The van der Waals surface area contributed by atoms with E-state index in [1.165, 1.54) is 6.07 Å². The Bertz CT molecular complexity index is 498. The van der Waals surface area contributed by atoms with Gasteiger partial charge in [-0.15, -0.1) is 0 Å². The molecule has 7 nitrogen and oxygen atoms in total. The highest BCUT2D eigenvalue weighted by molar-refractivity contribution is 5.58. The normalized spacial score (nSPS) is 10.2. The van der Waals surface area contributed by atoms with E-state index in [4.69, 9.17) is 0 Å². The summed E-state index contributed by atoms with van der Waals surface area (Å²) in [7, 11) is 0. The van der Waals surface area contributed by atoms with Gasteiger partial charge in [0.1, 0.15) is 0 Å². The first-order chi connectivity index (χ1) is 7.18. The number of nitrogens with zero attached hydrogens (tertiary/aromatic N) is 5. The molecule has 76 valence electrons. The van der Waals surface area contributed by atoms with Crippen molar-refractivity contribution in [2.24, 2.45) is 0 Å². The summed E-state index contributed by atoms with van der Waals surface area (Å²) in [5, 5.41) is 23.9. The van der Waals surface area contributed by atoms with Gasteiger partial charge in [0.2, 0.25) is 5.82 Å². The van der Waals surface area contributed by atoms with Gasteiger partial charge >= 0.3 is 5.69 Å². The van der Waals surface area contributed by atoms with Crippen LogP contribution in [0.5, 0.6) is 0 Å². The Morgan fingerprint density at radius 1 is 1.47 bits per heavy atom. The smallest absolute Gasteiger partial charge is 0.305 e. The monoisotopic (exact) mass is 208 g/mol. The molecule has 0 spiro atoms. The Labute approximate surface area is 82.1 Å². The third kappa shape index (κ3) is 1.64. The number of tetrazole rings is 1. The van der Waals surface area contributed by atoms with Crippen molar-refractivity contribution in [2.75, 3.05) is 0 Å². The van der Waals surface area contributed by atoms with Crippen LogP contribution in [-0.4, -0.2) is 20.4 Å². The molecule has 0 radical (unpaired) electrons. The summed E-state index contributed by atoms with van der Waals surface area (Å²) >= 11 is 0. The minimum absolute atomic E-state index is 0.123. The van der Waals surface area contributed by atoms with E-state index in [1.807, 2.05) is 0 Å². The van der Waals surface area contributed by atoms with E-state index < -0.39 is 16.4 Å². The summed E-state index contributed by atoms with van der Waals surface area (Å²) in [4.78, 5) is 9.62. The van der Waals surface area contributed by atoms with Gasteiger partial charge in [0.15, 0.2) is 0 Å². The molecule has 2 aromatic rings. The van der Waals surface area contributed by atoms with Crippen molar-refractivity contribution >= 4 is 5.69 Å². The maximum Gasteiger partial charge on any atom is 0.305 e. The van der Waals surface area contributed by atoms with Crippen LogP contribution in [0.4, 0.5) is 10.1 Å². The van der Waals surface area contributed by atoms with E-state index in [0.717, 1.165) is 12.1 Å². The van der Waals surface area contributed by atoms with E-state index >= 15 is 0 Å². The summed E-state index contributed by atoms with van der Waals surface area (Å²) < 4.78 is 12.9. The van der Waals surface area contributed by atoms with Crippen molar-refractivity contribution in [2.45, 2.75) is 0 Å². The first-order valence-corrected chi connectivity index (χ1v) is 3.81. The van der Waals surface area contributed by atoms with E-state index in [0.29, 0.717) is 5.56 Å². The molecule has 15 heavy (non-hydrogen) atoms. The van der Waals surface area contributed by atoms with E-state index in [1.54, 1.807) is 0 Å². The summed E-state index contributed by atoms with van der Waals surface area (Å²) in [6.07, 6.45) is 0. The topological polar surface area (TPSA) is 95.9 Å². The third-order valence-corrected chi connectivity index (χ3v) is 1.72. The summed E-state index contributed by atoms with van der Waals surface area (Å²) in [6.45, 7) is 0. The first kappa shape index (κ1) is 9.19. The minimum atomic E-state index is -0.906. The molecular weight excluding hydrogens is 205 g/mol. The highest BCUT2D eigenvalue weighted by Gasteiger charge is 2.14. The van der Waals surface area contributed by atoms with Crippen LogP contribution < -0.4 is 5.10 Å². The number of rotatable bonds is 2. The highest BCUT2D eigenvalue weighted by Crippen LogP contribution is 2.22. The molecule has 0 fully saturated rings. The lowest BCUT2D eigenvalue weighted by Crippen LogP contribution is -1.93. The number of aromatic nitrogens is 4. The van der Waals surface area contributed by atoms with Gasteiger partial charge < -0.3 is 5.10 Å². The Hall–Kier alpha value is -2.38. The lowest BCUT2D eigenvalue weighted by Gasteiger charge is -2.00. The summed E-state index contributed by atoms with van der Waals surface area (Å²) in [6, 6.07) is 3.33. The largest absolute Gasteiger partial charge is 0.330 e. The Kier molecular flexibility index (Phi) is 2.08. The number of hydrogen-bond donors (Lipinski definition) is 0.